The van der Waals surface area contributed by atoms with Gasteiger partial charge in [-0.25, -0.2) is 8.42 Å². The third-order valence-electron chi connectivity index (χ3n) is 5.33. The van der Waals surface area contributed by atoms with Gasteiger partial charge in [0.15, 0.2) is 0 Å². The van der Waals surface area contributed by atoms with Crippen molar-refractivity contribution in [2.45, 2.75) is 11.8 Å². The minimum absolute atomic E-state index is 0.0468. The number of ether oxygens (including phenoxy) is 3. The maximum absolute atomic E-state index is 13.2. The van der Waals surface area contributed by atoms with Gasteiger partial charge in [0.05, 0.1) is 21.3 Å². The first kappa shape index (κ1) is 23.6. The van der Waals surface area contributed by atoms with E-state index in [0.717, 1.165) is 11.1 Å². The van der Waals surface area contributed by atoms with Gasteiger partial charge in [-0.1, -0.05) is 11.6 Å². The van der Waals surface area contributed by atoms with Gasteiger partial charge in [-0.3, -0.25) is 4.79 Å². The number of hydrogen-bond acceptors (Lipinski definition) is 6. The second-order valence-electron chi connectivity index (χ2n) is 7.32. The van der Waals surface area contributed by atoms with E-state index in [1.807, 2.05) is 25.1 Å². The molecule has 1 heterocycles. The summed E-state index contributed by atoms with van der Waals surface area (Å²) in [5.74, 6) is 1.18. The van der Waals surface area contributed by atoms with Gasteiger partial charge in [-0.15, -0.1) is 0 Å². The summed E-state index contributed by atoms with van der Waals surface area (Å²) >= 11 is 0. The highest BCUT2D eigenvalue weighted by Gasteiger charge is 2.32. The first-order valence-electron chi connectivity index (χ1n) is 10.1. The van der Waals surface area contributed by atoms with E-state index >= 15 is 0 Å². The molecule has 1 amide bonds. The summed E-state index contributed by atoms with van der Waals surface area (Å²) in [6, 6.07) is 10.4. The van der Waals surface area contributed by atoms with Crippen molar-refractivity contribution < 1.29 is 27.4 Å². The fourth-order valence-corrected chi connectivity index (χ4v) is 5.12. The van der Waals surface area contributed by atoms with Gasteiger partial charge in [0.25, 0.3) is 0 Å². The molecule has 1 saturated heterocycles. The fraction of sp³-hybridized carbons (Fsp3) is 0.348. The van der Waals surface area contributed by atoms with Crippen molar-refractivity contribution in [3.63, 3.8) is 0 Å². The molecule has 0 bridgehead atoms. The number of piperazine rings is 1. The smallest absolute Gasteiger partial charge is 0.247 e. The number of benzene rings is 2. The predicted molar refractivity (Wildman–Crippen MR) is 122 cm³/mol. The second kappa shape index (κ2) is 10.1. The number of aryl methyl sites for hydroxylation is 1. The molecule has 0 N–H and O–H groups in total. The van der Waals surface area contributed by atoms with Crippen molar-refractivity contribution in [3.05, 3.63) is 53.6 Å². The summed E-state index contributed by atoms with van der Waals surface area (Å²) in [6.07, 6.45) is 3.21. The Morgan fingerprint density at radius 2 is 1.56 bits per heavy atom. The van der Waals surface area contributed by atoms with E-state index in [9.17, 15) is 13.2 Å². The molecule has 1 aliphatic heterocycles. The maximum atomic E-state index is 13.2. The van der Waals surface area contributed by atoms with Crippen molar-refractivity contribution in [1.29, 1.82) is 0 Å². The molecule has 32 heavy (non-hydrogen) atoms. The fourth-order valence-electron chi connectivity index (χ4n) is 3.52. The molecule has 0 spiro atoms. The average molecular weight is 461 g/mol. The number of sulfonamides is 1. The average Bonchev–Trinajstić information content (AvgIpc) is 2.82. The minimum Gasteiger partial charge on any atom is -0.497 e. The molecule has 0 radical (unpaired) electrons. The van der Waals surface area contributed by atoms with Crippen LogP contribution in [0.2, 0.25) is 0 Å². The Bertz CT molecular complexity index is 1110. The number of amides is 1. The molecule has 0 unspecified atom stereocenters. The van der Waals surface area contributed by atoms with Crippen LogP contribution in [-0.4, -0.2) is 71.0 Å². The lowest BCUT2D eigenvalue weighted by molar-refractivity contribution is -0.127. The van der Waals surface area contributed by atoms with Crippen LogP contribution < -0.4 is 14.2 Å². The largest absolute Gasteiger partial charge is 0.497 e. The molecule has 0 saturated carbocycles. The highest BCUT2D eigenvalue weighted by Crippen LogP contribution is 2.31. The van der Waals surface area contributed by atoms with Gasteiger partial charge in [0, 0.05) is 43.9 Å². The topological polar surface area (TPSA) is 85.4 Å². The molecule has 172 valence electrons. The summed E-state index contributed by atoms with van der Waals surface area (Å²) in [6.45, 7) is 2.93. The number of rotatable bonds is 7. The van der Waals surface area contributed by atoms with Crippen molar-refractivity contribution in [3.8, 4) is 17.2 Å². The zero-order chi connectivity index (χ0) is 23.3. The molecule has 3 rings (SSSR count). The van der Waals surface area contributed by atoms with Crippen molar-refractivity contribution in [1.82, 2.24) is 9.21 Å². The predicted octanol–water partition coefficient (Wildman–Crippen LogP) is 2.57. The van der Waals surface area contributed by atoms with Gasteiger partial charge in [-0.2, -0.15) is 4.31 Å². The van der Waals surface area contributed by atoms with E-state index in [1.54, 1.807) is 30.2 Å². The molecular weight excluding hydrogens is 432 g/mol. The lowest BCUT2D eigenvalue weighted by Crippen LogP contribution is -2.50. The lowest BCUT2D eigenvalue weighted by atomic mass is 10.1. The molecule has 9 heteroatoms. The summed E-state index contributed by atoms with van der Waals surface area (Å²) in [5, 5.41) is 0. The summed E-state index contributed by atoms with van der Waals surface area (Å²) < 4.78 is 43.5. The second-order valence-corrected chi connectivity index (χ2v) is 9.23. The Balaban J connectivity index is 1.70. The van der Waals surface area contributed by atoms with Crippen LogP contribution in [0.1, 0.15) is 11.1 Å². The Morgan fingerprint density at radius 3 is 2.19 bits per heavy atom. The van der Waals surface area contributed by atoms with Gasteiger partial charge >= 0.3 is 0 Å². The molecular formula is C23H28N2O6S. The SMILES string of the molecule is COc1ccc(OC)c(S(=O)(=O)N2CCN(C(=O)/C=C/c3cc(C)ccc3OC)CC2)c1. The lowest BCUT2D eigenvalue weighted by Gasteiger charge is -2.33. The quantitative estimate of drug-likeness (QED) is 0.591. The van der Waals surface area contributed by atoms with Crippen LogP contribution in [0.5, 0.6) is 17.2 Å². The molecule has 1 fully saturated rings. The monoisotopic (exact) mass is 460 g/mol. The van der Waals surface area contributed by atoms with Crippen LogP contribution in [0, 0.1) is 6.92 Å². The molecule has 2 aromatic carbocycles. The van der Waals surface area contributed by atoms with Crippen LogP contribution in [0.25, 0.3) is 6.08 Å². The van der Waals surface area contributed by atoms with E-state index in [4.69, 9.17) is 14.2 Å². The summed E-state index contributed by atoms with van der Waals surface area (Å²) in [4.78, 5) is 14.3. The molecule has 8 nitrogen and oxygen atoms in total. The van der Waals surface area contributed by atoms with Crippen molar-refractivity contribution in [2.75, 3.05) is 47.5 Å². The third-order valence-corrected chi connectivity index (χ3v) is 7.25. The maximum Gasteiger partial charge on any atom is 0.247 e. The first-order chi connectivity index (χ1) is 15.3. The van der Waals surface area contributed by atoms with E-state index < -0.39 is 10.0 Å². The number of methoxy groups -OCH3 is 3. The van der Waals surface area contributed by atoms with E-state index in [-0.39, 0.29) is 29.6 Å². The zero-order valence-electron chi connectivity index (χ0n) is 18.7. The standard InChI is InChI=1S/C23H28N2O6S/c1-17-5-8-20(30-3)18(15-17)6-10-23(26)24-11-13-25(14-12-24)32(27,28)22-16-19(29-2)7-9-21(22)31-4/h5-10,15-16H,11-14H2,1-4H3/b10-6+. The number of carbonyl (C=O) groups excluding carboxylic acids is 1. The van der Waals surface area contributed by atoms with Crippen LogP contribution in [0.15, 0.2) is 47.4 Å². The number of carbonyl (C=O) groups is 1. The van der Waals surface area contributed by atoms with Gasteiger partial charge in [0.2, 0.25) is 15.9 Å². The molecule has 2 aromatic rings. The Hall–Kier alpha value is -3.04. The van der Waals surface area contributed by atoms with Crippen molar-refractivity contribution in [2.24, 2.45) is 0 Å². The van der Waals surface area contributed by atoms with Gasteiger partial charge < -0.3 is 19.1 Å². The molecule has 0 atom stereocenters. The minimum atomic E-state index is -3.80. The van der Waals surface area contributed by atoms with E-state index in [1.165, 1.54) is 30.7 Å². The van der Waals surface area contributed by atoms with Gasteiger partial charge in [0.1, 0.15) is 22.1 Å². The van der Waals surface area contributed by atoms with E-state index in [0.29, 0.717) is 24.6 Å². The Labute approximate surface area is 189 Å². The molecule has 1 aliphatic rings. The summed E-state index contributed by atoms with van der Waals surface area (Å²) in [5.41, 5.74) is 1.87. The molecule has 0 aliphatic carbocycles. The molecule has 0 aromatic heterocycles. The van der Waals surface area contributed by atoms with Crippen LogP contribution in [0.4, 0.5) is 0 Å². The normalized spacial score (nSPS) is 15.1. The van der Waals surface area contributed by atoms with Crippen molar-refractivity contribution >= 4 is 22.0 Å². The highest BCUT2D eigenvalue weighted by molar-refractivity contribution is 7.89. The summed E-state index contributed by atoms with van der Waals surface area (Å²) in [7, 11) is 0.683. The van der Waals surface area contributed by atoms with Crippen LogP contribution >= 0.6 is 0 Å². The van der Waals surface area contributed by atoms with Crippen LogP contribution in [0.3, 0.4) is 0 Å². The number of hydrogen-bond donors (Lipinski definition) is 0. The Kier molecular flexibility index (Phi) is 7.42. The number of nitrogens with zero attached hydrogens (tertiary/aromatic N) is 2. The third kappa shape index (κ3) is 5.05. The van der Waals surface area contributed by atoms with E-state index in [2.05, 4.69) is 0 Å². The first-order valence-corrected chi connectivity index (χ1v) is 11.6. The van der Waals surface area contributed by atoms with Crippen LogP contribution in [-0.2, 0) is 14.8 Å². The Morgan fingerprint density at radius 1 is 0.906 bits per heavy atom. The highest BCUT2D eigenvalue weighted by atomic mass is 32.2. The van der Waals surface area contributed by atoms with Gasteiger partial charge in [-0.05, 0) is 37.3 Å². The zero-order valence-corrected chi connectivity index (χ0v) is 19.5.